The van der Waals surface area contributed by atoms with Gasteiger partial charge < -0.3 is 10.2 Å². The summed E-state index contributed by atoms with van der Waals surface area (Å²) in [4.78, 5) is 27.4. The van der Waals surface area contributed by atoms with Gasteiger partial charge in [0.05, 0.1) is 24.0 Å². The average Bonchev–Trinajstić information content (AvgIpc) is 2.89. The van der Waals surface area contributed by atoms with Crippen molar-refractivity contribution in [2.45, 2.75) is 39.3 Å². The van der Waals surface area contributed by atoms with E-state index in [2.05, 4.69) is 17.3 Å². The Labute approximate surface area is 153 Å². The molecule has 2 amide bonds. The molecule has 1 fully saturated rings. The molecule has 6 nitrogen and oxygen atoms in total. The maximum absolute atomic E-state index is 12.8. The van der Waals surface area contributed by atoms with Crippen LogP contribution in [0.15, 0.2) is 36.5 Å². The van der Waals surface area contributed by atoms with Crippen molar-refractivity contribution >= 4 is 17.5 Å². The number of aromatic nitrogens is 2. The van der Waals surface area contributed by atoms with Crippen molar-refractivity contribution in [1.29, 1.82) is 0 Å². The van der Waals surface area contributed by atoms with Crippen LogP contribution in [-0.2, 0) is 17.9 Å². The Morgan fingerprint density at radius 2 is 1.92 bits per heavy atom. The molecule has 6 heteroatoms. The number of carbonyl (C=O) groups is 2. The first-order chi connectivity index (χ1) is 12.6. The molecular weight excluding hydrogens is 328 g/mol. The second-order valence-corrected chi connectivity index (χ2v) is 7.44. The van der Waals surface area contributed by atoms with Gasteiger partial charge in [0, 0.05) is 24.7 Å². The molecular formula is C20H24N4O2. The molecule has 0 atom stereocenters. The van der Waals surface area contributed by atoms with Gasteiger partial charge in [-0.2, -0.15) is 5.10 Å². The van der Waals surface area contributed by atoms with Crippen molar-refractivity contribution in [3.05, 3.63) is 47.8 Å². The van der Waals surface area contributed by atoms with Crippen LogP contribution >= 0.6 is 0 Å². The number of amides is 2. The lowest BCUT2D eigenvalue weighted by Gasteiger charge is -2.35. The van der Waals surface area contributed by atoms with Crippen molar-refractivity contribution < 1.29 is 9.59 Å². The van der Waals surface area contributed by atoms with Crippen LogP contribution < -0.4 is 5.32 Å². The van der Waals surface area contributed by atoms with Crippen molar-refractivity contribution in [1.82, 2.24) is 14.7 Å². The predicted molar refractivity (Wildman–Crippen MR) is 98.5 cm³/mol. The zero-order valence-corrected chi connectivity index (χ0v) is 15.0. The van der Waals surface area contributed by atoms with Gasteiger partial charge in [-0.05, 0) is 37.3 Å². The maximum atomic E-state index is 12.8. The largest absolute Gasteiger partial charge is 0.336 e. The number of anilines is 1. The van der Waals surface area contributed by atoms with E-state index >= 15 is 0 Å². The molecule has 0 radical (unpaired) electrons. The van der Waals surface area contributed by atoms with Gasteiger partial charge >= 0.3 is 0 Å². The minimum absolute atomic E-state index is 0.154. The highest BCUT2D eigenvalue weighted by Gasteiger charge is 2.35. The first-order valence-corrected chi connectivity index (χ1v) is 9.31. The Hall–Kier alpha value is -2.63. The van der Waals surface area contributed by atoms with Gasteiger partial charge in [0.2, 0.25) is 5.91 Å². The molecule has 1 aromatic carbocycles. The topological polar surface area (TPSA) is 67.2 Å². The number of benzene rings is 1. The number of hydrogen-bond acceptors (Lipinski definition) is 3. The minimum atomic E-state index is -0.177. The Kier molecular flexibility index (Phi) is 4.49. The summed E-state index contributed by atoms with van der Waals surface area (Å²) in [6.45, 7) is 4.11. The van der Waals surface area contributed by atoms with Gasteiger partial charge in [0.1, 0.15) is 0 Å². The molecule has 1 saturated carbocycles. The molecule has 0 unspecified atom stereocenters. The molecule has 26 heavy (non-hydrogen) atoms. The third-order valence-electron chi connectivity index (χ3n) is 5.40. The maximum Gasteiger partial charge on any atom is 0.259 e. The highest BCUT2D eigenvalue weighted by Crippen LogP contribution is 2.35. The number of rotatable bonds is 3. The normalized spacial score (nSPS) is 22.1. The first kappa shape index (κ1) is 16.8. The van der Waals surface area contributed by atoms with Gasteiger partial charge in [-0.25, -0.2) is 0 Å². The number of hydrogen-bond donors (Lipinski definition) is 1. The number of carbonyl (C=O) groups excluding carboxylic acids is 2. The second-order valence-electron chi connectivity index (χ2n) is 7.44. The van der Waals surface area contributed by atoms with Gasteiger partial charge in [0.15, 0.2) is 0 Å². The molecule has 0 spiro atoms. The highest BCUT2D eigenvalue weighted by molar-refractivity contribution is 6.05. The fraction of sp³-hybridized carbons (Fsp3) is 0.450. The van der Waals surface area contributed by atoms with Crippen molar-refractivity contribution in [3.63, 3.8) is 0 Å². The van der Waals surface area contributed by atoms with Crippen LogP contribution in [-0.4, -0.2) is 33.0 Å². The van der Waals surface area contributed by atoms with Crippen molar-refractivity contribution in [3.8, 4) is 0 Å². The lowest BCUT2D eigenvalue weighted by molar-refractivity contribution is -0.140. The summed E-state index contributed by atoms with van der Waals surface area (Å²) in [5.41, 5.74) is 2.13. The second kappa shape index (κ2) is 6.94. The number of nitrogens with one attached hydrogen (secondary N) is 1. The Morgan fingerprint density at radius 3 is 2.65 bits per heavy atom. The summed E-state index contributed by atoms with van der Waals surface area (Å²) in [5.74, 6) is 0.853. The molecule has 2 heterocycles. The van der Waals surface area contributed by atoms with E-state index in [9.17, 15) is 9.59 Å². The van der Waals surface area contributed by atoms with E-state index in [1.807, 2.05) is 39.9 Å². The van der Waals surface area contributed by atoms with Gasteiger partial charge in [-0.3, -0.25) is 14.3 Å². The smallest absolute Gasteiger partial charge is 0.259 e. The number of aryl methyl sites for hydroxylation is 1. The Bertz CT molecular complexity index is 808. The summed E-state index contributed by atoms with van der Waals surface area (Å²) >= 11 is 0. The lowest BCUT2D eigenvalue weighted by atomic mass is 9.75. The molecule has 0 saturated heterocycles. The van der Waals surface area contributed by atoms with E-state index < -0.39 is 0 Å². The Balaban J connectivity index is 1.52. The van der Waals surface area contributed by atoms with E-state index in [1.54, 1.807) is 6.20 Å². The summed E-state index contributed by atoms with van der Waals surface area (Å²) in [6, 6.07) is 9.38. The fourth-order valence-electron chi connectivity index (χ4n) is 3.90. The first-order valence-electron chi connectivity index (χ1n) is 9.31. The van der Waals surface area contributed by atoms with Gasteiger partial charge in [0.25, 0.3) is 5.91 Å². The predicted octanol–water partition coefficient (Wildman–Crippen LogP) is 2.91. The van der Waals surface area contributed by atoms with E-state index in [0.717, 1.165) is 43.7 Å². The van der Waals surface area contributed by atoms with E-state index in [0.29, 0.717) is 18.0 Å². The number of nitrogens with zero attached hydrogens (tertiary/aromatic N) is 3. The monoisotopic (exact) mass is 352 g/mol. The van der Waals surface area contributed by atoms with E-state index in [1.165, 1.54) is 0 Å². The third-order valence-corrected chi connectivity index (χ3v) is 5.40. The van der Waals surface area contributed by atoms with Gasteiger partial charge in [-0.15, -0.1) is 0 Å². The molecule has 2 aromatic rings. The quantitative estimate of drug-likeness (QED) is 0.923. The standard InChI is InChI=1S/C20H24N4O2/c1-14-10-15(11-14)20(26)23-8-5-9-24-18(13-23)17(12-21-24)19(25)22-16-6-3-2-4-7-16/h2-4,6-7,12,14-15H,5,8-11,13H2,1H3,(H,22,25). The molecule has 1 aliphatic heterocycles. The summed E-state index contributed by atoms with van der Waals surface area (Å²) in [7, 11) is 0. The molecule has 1 N–H and O–H groups in total. The van der Waals surface area contributed by atoms with E-state index in [4.69, 9.17) is 0 Å². The van der Waals surface area contributed by atoms with Crippen molar-refractivity contribution in [2.75, 3.05) is 11.9 Å². The Morgan fingerprint density at radius 1 is 1.15 bits per heavy atom. The van der Waals surface area contributed by atoms with Crippen LogP contribution in [0.4, 0.5) is 5.69 Å². The summed E-state index contributed by atoms with van der Waals surface area (Å²) < 4.78 is 1.87. The molecule has 1 aromatic heterocycles. The molecule has 2 aliphatic rings. The minimum Gasteiger partial charge on any atom is -0.336 e. The average molecular weight is 352 g/mol. The molecule has 136 valence electrons. The van der Waals surface area contributed by atoms with Crippen LogP contribution in [0.2, 0.25) is 0 Å². The number of fused-ring (bicyclic) bond motifs is 1. The number of para-hydroxylation sites is 1. The third kappa shape index (κ3) is 3.23. The summed E-state index contributed by atoms with van der Waals surface area (Å²) in [6.07, 6.45) is 4.45. The van der Waals surface area contributed by atoms with Crippen LogP contribution in [0, 0.1) is 11.8 Å². The highest BCUT2D eigenvalue weighted by atomic mass is 16.2. The van der Waals surface area contributed by atoms with Crippen LogP contribution in [0.1, 0.15) is 42.2 Å². The molecule has 1 aliphatic carbocycles. The summed E-state index contributed by atoms with van der Waals surface area (Å²) in [5, 5.41) is 7.30. The molecule has 0 bridgehead atoms. The van der Waals surface area contributed by atoms with Crippen LogP contribution in [0.25, 0.3) is 0 Å². The fourth-order valence-corrected chi connectivity index (χ4v) is 3.90. The zero-order valence-electron chi connectivity index (χ0n) is 15.0. The SMILES string of the molecule is CC1CC(C(=O)N2CCCn3ncc(C(=O)Nc4ccccc4)c3C2)C1. The van der Waals surface area contributed by atoms with Gasteiger partial charge in [-0.1, -0.05) is 25.1 Å². The zero-order chi connectivity index (χ0) is 18.1. The van der Waals surface area contributed by atoms with Crippen LogP contribution in [0.3, 0.4) is 0 Å². The lowest BCUT2D eigenvalue weighted by Crippen LogP contribution is -2.41. The molecule has 4 rings (SSSR count). The van der Waals surface area contributed by atoms with E-state index in [-0.39, 0.29) is 17.7 Å². The van der Waals surface area contributed by atoms with Crippen LogP contribution in [0.5, 0.6) is 0 Å². The van der Waals surface area contributed by atoms with Crippen molar-refractivity contribution in [2.24, 2.45) is 11.8 Å².